The second kappa shape index (κ2) is 5.47. The molecule has 15 heavy (non-hydrogen) atoms. The quantitative estimate of drug-likeness (QED) is 0.712. The predicted molar refractivity (Wildman–Crippen MR) is 61.3 cm³/mol. The monoisotopic (exact) mass is 213 g/mol. The highest BCUT2D eigenvalue weighted by molar-refractivity contribution is 5.76. The molecule has 0 aromatic heterocycles. The van der Waals surface area contributed by atoms with Gasteiger partial charge in [0, 0.05) is 18.1 Å². The van der Waals surface area contributed by atoms with Crippen molar-refractivity contribution in [1.82, 2.24) is 4.90 Å². The maximum atomic E-state index is 11.0. The minimum absolute atomic E-state index is 0.247. The Morgan fingerprint density at radius 1 is 1.47 bits per heavy atom. The van der Waals surface area contributed by atoms with Crippen LogP contribution in [0.1, 0.15) is 39.5 Å². The predicted octanol–water partition coefficient (Wildman–Crippen LogP) is 0.452. The number of rotatable bonds is 4. The van der Waals surface area contributed by atoms with Crippen LogP contribution in [0.3, 0.4) is 0 Å². The van der Waals surface area contributed by atoms with E-state index in [4.69, 9.17) is 11.5 Å². The molecule has 1 fully saturated rings. The van der Waals surface area contributed by atoms with Gasteiger partial charge in [-0.1, -0.05) is 6.42 Å². The maximum absolute atomic E-state index is 11.0. The number of carbonyl (C=O) groups is 1. The Bertz CT molecular complexity index is 218. The Balaban J connectivity index is 2.57. The van der Waals surface area contributed by atoms with Crippen LogP contribution < -0.4 is 11.5 Å². The number of nitrogens with two attached hydrogens (primary N) is 2. The SMILES string of the molecule is CC(C)N(CC(N)=O)C1CCCC(N)C1. The van der Waals surface area contributed by atoms with Crippen LogP contribution in [0.5, 0.6) is 0 Å². The van der Waals surface area contributed by atoms with Crippen molar-refractivity contribution in [2.24, 2.45) is 11.5 Å². The third-order valence-electron chi connectivity index (χ3n) is 3.16. The average Bonchev–Trinajstić information content (AvgIpc) is 2.13. The van der Waals surface area contributed by atoms with Crippen molar-refractivity contribution in [3.05, 3.63) is 0 Å². The van der Waals surface area contributed by atoms with Gasteiger partial charge in [0.05, 0.1) is 6.54 Å². The lowest BCUT2D eigenvalue weighted by atomic mass is 9.90. The summed E-state index contributed by atoms with van der Waals surface area (Å²) in [5.41, 5.74) is 11.2. The van der Waals surface area contributed by atoms with Crippen LogP contribution in [0.25, 0.3) is 0 Å². The normalized spacial score (nSPS) is 27.3. The fourth-order valence-corrected chi connectivity index (χ4v) is 2.42. The number of hydrogen-bond acceptors (Lipinski definition) is 3. The van der Waals surface area contributed by atoms with Crippen LogP contribution in [0.15, 0.2) is 0 Å². The fraction of sp³-hybridized carbons (Fsp3) is 0.909. The van der Waals surface area contributed by atoms with E-state index >= 15 is 0 Å². The van der Waals surface area contributed by atoms with E-state index in [0.717, 1.165) is 25.7 Å². The smallest absolute Gasteiger partial charge is 0.231 e. The van der Waals surface area contributed by atoms with Gasteiger partial charge in [-0.15, -0.1) is 0 Å². The molecular weight excluding hydrogens is 190 g/mol. The van der Waals surface area contributed by atoms with Crippen LogP contribution >= 0.6 is 0 Å². The van der Waals surface area contributed by atoms with Crippen LogP contribution in [0, 0.1) is 0 Å². The van der Waals surface area contributed by atoms with Crippen molar-refractivity contribution in [3.8, 4) is 0 Å². The summed E-state index contributed by atoms with van der Waals surface area (Å²) in [6, 6.07) is 1.08. The van der Waals surface area contributed by atoms with Gasteiger partial charge in [-0.05, 0) is 33.1 Å². The van der Waals surface area contributed by atoms with Crippen LogP contribution in [-0.2, 0) is 4.79 Å². The van der Waals surface area contributed by atoms with Crippen molar-refractivity contribution in [1.29, 1.82) is 0 Å². The molecule has 1 amide bonds. The van der Waals surface area contributed by atoms with Gasteiger partial charge >= 0.3 is 0 Å². The van der Waals surface area contributed by atoms with Crippen LogP contribution in [0.2, 0.25) is 0 Å². The van der Waals surface area contributed by atoms with E-state index in [-0.39, 0.29) is 11.9 Å². The molecule has 0 spiro atoms. The van der Waals surface area contributed by atoms with Gasteiger partial charge in [0.2, 0.25) is 5.91 Å². The van der Waals surface area contributed by atoms with E-state index in [1.165, 1.54) is 0 Å². The highest BCUT2D eigenvalue weighted by Crippen LogP contribution is 2.23. The molecule has 0 aliphatic heterocycles. The highest BCUT2D eigenvalue weighted by Gasteiger charge is 2.27. The first-order chi connectivity index (χ1) is 7.00. The van der Waals surface area contributed by atoms with Crippen molar-refractivity contribution < 1.29 is 4.79 Å². The first kappa shape index (κ1) is 12.5. The maximum Gasteiger partial charge on any atom is 0.231 e. The zero-order valence-corrected chi connectivity index (χ0v) is 9.78. The molecule has 0 bridgehead atoms. The Morgan fingerprint density at radius 3 is 2.60 bits per heavy atom. The molecule has 4 N–H and O–H groups in total. The average molecular weight is 213 g/mol. The zero-order chi connectivity index (χ0) is 11.4. The van der Waals surface area contributed by atoms with E-state index in [1.807, 2.05) is 0 Å². The number of carbonyl (C=O) groups excluding carboxylic acids is 1. The molecule has 1 aliphatic carbocycles. The summed E-state index contributed by atoms with van der Waals surface area (Å²) in [5.74, 6) is -0.247. The second-order valence-electron chi connectivity index (χ2n) is 4.81. The van der Waals surface area contributed by atoms with Gasteiger partial charge in [0.1, 0.15) is 0 Å². The van der Waals surface area contributed by atoms with Gasteiger partial charge in [0.15, 0.2) is 0 Å². The summed E-state index contributed by atoms with van der Waals surface area (Å²) in [5, 5.41) is 0. The van der Waals surface area contributed by atoms with E-state index in [1.54, 1.807) is 0 Å². The summed E-state index contributed by atoms with van der Waals surface area (Å²) in [4.78, 5) is 13.2. The summed E-state index contributed by atoms with van der Waals surface area (Å²) < 4.78 is 0. The zero-order valence-electron chi connectivity index (χ0n) is 9.78. The van der Waals surface area contributed by atoms with Gasteiger partial charge < -0.3 is 11.5 Å². The molecule has 4 nitrogen and oxygen atoms in total. The van der Waals surface area contributed by atoms with Crippen molar-refractivity contribution in [2.45, 2.75) is 57.7 Å². The number of nitrogens with zero attached hydrogens (tertiary/aromatic N) is 1. The van der Waals surface area contributed by atoms with Crippen LogP contribution in [-0.4, -0.2) is 35.5 Å². The molecule has 2 atom stereocenters. The second-order valence-corrected chi connectivity index (χ2v) is 4.81. The lowest BCUT2D eigenvalue weighted by Gasteiger charge is -2.38. The van der Waals surface area contributed by atoms with Crippen LogP contribution in [0.4, 0.5) is 0 Å². The van der Waals surface area contributed by atoms with Crippen molar-refractivity contribution in [3.63, 3.8) is 0 Å². The summed E-state index contributed by atoms with van der Waals surface area (Å²) in [6.07, 6.45) is 4.40. The fourth-order valence-electron chi connectivity index (χ4n) is 2.42. The molecular formula is C11H23N3O. The molecule has 0 radical (unpaired) electrons. The summed E-state index contributed by atoms with van der Waals surface area (Å²) in [7, 11) is 0. The van der Waals surface area contributed by atoms with E-state index in [9.17, 15) is 4.79 Å². The molecule has 2 unspecified atom stereocenters. The first-order valence-corrected chi connectivity index (χ1v) is 5.80. The summed E-state index contributed by atoms with van der Waals surface area (Å²) in [6.45, 7) is 4.56. The molecule has 0 aromatic rings. The Kier molecular flexibility index (Phi) is 4.54. The molecule has 1 aliphatic rings. The molecule has 88 valence electrons. The Hall–Kier alpha value is -0.610. The van der Waals surface area contributed by atoms with Gasteiger partial charge in [-0.2, -0.15) is 0 Å². The van der Waals surface area contributed by atoms with E-state index < -0.39 is 0 Å². The lowest BCUT2D eigenvalue weighted by Crippen LogP contribution is -2.49. The third kappa shape index (κ3) is 3.80. The third-order valence-corrected chi connectivity index (χ3v) is 3.16. The minimum atomic E-state index is -0.247. The summed E-state index contributed by atoms with van der Waals surface area (Å²) >= 11 is 0. The van der Waals surface area contributed by atoms with Crippen molar-refractivity contribution >= 4 is 5.91 Å². The minimum Gasteiger partial charge on any atom is -0.369 e. The standard InChI is InChI=1S/C11H23N3O/c1-8(2)14(7-11(13)15)10-5-3-4-9(12)6-10/h8-10H,3-7,12H2,1-2H3,(H2,13,15). The Labute approximate surface area is 92.0 Å². The molecule has 1 saturated carbocycles. The molecule has 4 heteroatoms. The Morgan fingerprint density at radius 2 is 2.13 bits per heavy atom. The first-order valence-electron chi connectivity index (χ1n) is 5.80. The number of hydrogen-bond donors (Lipinski definition) is 2. The molecule has 0 heterocycles. The van der Waals surface area contributed by atoms with Gasteiger partial charge in [-0.25, -0.2) is 0 Å². The molecule has 0 saturated heterocycles. The number of primary amides is 1. The van der Waals surface area contributed by atoms with E-state index in [2.05, 4.69) is 18.7 Å². The van der Waals surface area contributed by atoms with E-state index in [0.29, 0.717) is 18.6 Å². The number of amides is 1. The largest absolute Gasteiger partial charge is 0.369 e. The van der Waals surface area contributed by atoms with Gasteiger partial charge in [0.25, 0.3) is 0 Å². The molecule has 0 aromatic carbocycles. The van der Waals surface area contributed by atoms with Gasteiger partial charge in [-0.3, -0.25) is 9.69 Å². The topological polar surface area (TPSA) is 72.3 Å². The molecule has 1 rings (SSSR count). The lowest BCUT2D eigenvalue weighted by molar-refractivity contribution is -0.120. The van der Waals surface area contributed by atoms with Crippen molar-refractivity contribution in [2.75, 3.05) is 6.54 Å². The highest BCUT2D eigenvalue weighted by atomic mass is 16.1.